The van der Waals surface area contributed by atoms with Gasteiger partial charge in [0.25, 0.3) is 0 Å². The number of carbonyl (C=O) groups excluding carboxylic acids is 1. The molecule has 0 N–H and O–H groups in total. The minimum atomic E-state index is -0.115. The van der Waals surface area contributed by atoms with Crippen LogP contribution in [0.25, 0.3) is 0 Å². The molecule has 3 heteroatoms. The van der Waals surface area contributed by atoms with Gasteiger partial charge in [-0.2, -0.15) is 0 Å². The molecule has 1 rings (SSSR count). The summed E-state index contributed by atoms with van der Waals surface area (Å²) in [5.74, 6) is 0.263. The van der Waals surface area contributed by atoms with Crippen molar-refractivity contribution in [1.29, 1.82) is 0 Å². The Hall–Kier alpha value is -0.340. The minimum Gasteiger partial charge on any atom is -0.303 e. The Morgan fingerprint density at radius 3 is 2.82 bits per heavy atom. The Balaban J connectivity index is 2.81. The van der Waals surface area contributed by atoms with Crippen LogP contribution >= 0.6 is 22.9 Å². The molecular weight excluding hydrogens is 180 g/mol. The number of aldehydes is 1. The van der Waals surface area contributed by atoms with Crippen molar-refractivity contribution in [3.63, 3.8) is 0 Å². The Morgan fingerprint density at radius 1 is 1.73 bits per heavy atom. The number of hydrogen-bond acceptors (Lipinski definition) is 2. The molecule has 0 amide bonds. The highest BCUT2D eigenvalue weighted by atomic mass is 35.5. The van der Waals surface area contributed by atoms with Crippen LogP contribution in [0.15, 0.2) is 12.1 Å². The number of halogens is 1. The molecule has 0 saturated carbocycles. The van der Waals surface area contributed by atoms with E-state index < -0.39 is 0 Å². The lowest BCUT2D eigenvalue weighted by atomic mass is 10.2. The van der Waals surface area contributed by atoms with Gasteiger partial charge in [0.15, 0.2) is 0 Å². The second-order valence-electron chi connectivity index (χ2n) is 2.35. The summed E-state index contributed by atoms with van der Waals surface area (Å²) >= 11 is 7.22. The lowest BCUT2D eigenvalue weighted by Gasteiger charge is -1.99. The first-order valence-electron chi connectivity index (χ1n) is 3.35. The average molecular weight is 189 g/mol. The number of alkyl halides is 1. The highest BCUT2D eigenvalue weighted by molar-refractivity contribution is 7.12. The number of carbonyl (C=O) groups is 1. The molecule has 1 nitrogen and oxygen atoms in total. The largest absolute Gasteiger partial charge is 0.303 e. The molecule has 0 aliphatic heterocycles. The van der Waals surface area contributed by atoms with E-state index in [1.54, 1.807) is 11.3 Å². The van der Waals surface area contributed by atoms with Crippen LogP contribution in [0.3, 0.4) is 0 Å². The molecule has 1 atom stereocenters. The lowest BCUT2D eigenvalue weighted by molar-refractivity contribution is -0.108. The first-order valence-corrected chi connectivity index (χ1v) is 4.70. The topological polar surface area (TPSA) is 17.1 Å². The monoisotopic (exact) mass is 188 g/mol. The zero-order valence-corrected chi connectivity index (χ0v) is 7.78. The van der Waals surface area contributed by atoms with E-state index in [9.17, 15) is 4.79 Å². The third-order valence-electron chi connectivity index (χ3n) is 1.46. The van der Waals surface area contributed by atoms with Crippen molar-refractivity contribution in [3.8, 4) is 0 Å². The van der Waals surface area contributed by atoms with Gasteiger partial charge in [-0.05, 0) is 19.1 Å². The van der Waals surface area contributed by atoms with E-state index in [1.807, 2.05) is 19.1 Å². The van der Waals surface area contributed by atoms with E-state index in [2.05, 4.69) is 0 Å². The normalized spacial score (nSPS) is 12.9. The van der Waals surface area contributed by atoms with E-state index in [1.165, 1.54) is 4.88 Å². The van der Waals surface area contributed by atoms with Crippen molar-refractivity contribution in [2.75, 3.05) is 5.88 Å². The molecule has 0 aliphatic carbocycles. The molecule has 0 fully saturated rings. The molecule has 1 aromatic heterocycles. The highest BCUT2D eigenvalue weighted by Crippen LogP contribution is 2.23. The number of thiophene rings is 1. The fourth-order valence-corrected chi connectivity index (χ4v) is 2.10. The SMILES string of the molecule is Cc1ccc(C(C=O)CCl)s1. The summed E-state index contributed by atoms with van der Waals surface area (Å²) in [4.78, 5) is 12.7. The zero-order valence-electron chi connectivity index (χ0n) is 6.21. The molecule has 1 unspecified atom stereocenters. The summed E-state index contributed by atoms with van der Waals surface area (Å²) in [5.41, 5.74) is 0. The maximum absolute atomic E-state index is 10.5. The van der Waals surface area contributed by atoms with E-state index in [0.29, 0.717) is 5.88 Å². The van der Waals surface area contributed by atoms with E-state index >= 15 is 0 Å². The number of hydrogen-bond donors (Lipinski definition) is 0. The van der Waals surface area contributed by atoms with Gasteiger partial charge in [-0.3, -0.25) is 0 Å². The first-order chi connectivity index (χ1) is 5.27. The lowest BCUT2D eigenvalue weighted by Crippen LogP contribution is -1.98. The summed E-state index contributed by atoms with van der Waals surface area (Å²) in [6, 6.07) is 3.96. The molecule has 0 saturated heterocycles. The van der Waals surface area contributed by atoms with Crippen molar-refractivity contribution >= 4 is 29.2 Å². The average Bonchev–Trinajstić information content (AvgIpc) is 2.39. The van der Waals surface area contributed by atoms with Gasteiger partial charge < -0.3 is 4.79 Å². The minimum absolute atomic E-state index is 0.115. The summed E-state index contributed by atoms with van der Waals surface area (Å²) in [6.45, 7) is 2.02. The van der Waals surface area contributed by atoms with E-state index in [-0.39, 0.29) is 5.92 Å². The van der Waals surface area contributed by atoms with Crippen LogP contribution in [0.2, 0.25) is 0 Å². The number of aryl methyl sites for hydroxylation is 1. The third-order valence-corrected chi connectivity index (χ3v) is 2.92. The number of rotatable bonds is 3. The molecule has 0 bridgehead atoms. The smallest absolute Gasteiger partial charge is 0.129 e. The van der Waals surface area contributed by atoms with Gasteiger partial charge in [-0.15, -0.1) is 22.9 Å². The Kier molecular flexibility index (Phi) is 3.09. The van der Waals surface area contributed by atoms with Gasteiger partial charge in [-0.25, -0.2) is 0 Å². The molecule has 0 aromatic carbocycles. The van der Waals surface area contributed by atoms with Crippen LogP contribution in [-0.2, 0) is 4.79 Å². The quantitative estimate of drug-likeness (QED) is 0.527. The first kappa shape index (κ1) is 8.75. The van der Waals surface area contributed by atoms with Crippen LogP contribution in [-0.4, -0.2) is 12.2 Å². The summed E-state index contributed by atoms with van der Waals surface area (Å²) in [5, 5.41) is 0. The van der Waals surface area contributed by atoms with Crippen LogP contribution < -0.4 is 0 Å². The van der Waals surface area contributed by atoms with Gasteiger partial charge in [-0.1, -0.05) is 0 Å². The van der Waals surface area contributed by atoms with Crippen molar-refractivity contribution in [2.45, 2.75) is 12.8 Å². The van der Waals surface area contributed by atoms with Crippen molar-refractivity contribution < 1.29 is 4.79 Å². The second-order valence-corrected chi connectivity index (χ2v) is 3.97. The summed E-state index contributed by atoms with van der Waals surface area (Å²) in [6.07, 6.45) is 0.901. The molecule has 1 heterocycles. The predicted octanol–water partition coefficient (Wildman–Crippen LogP) is 2.58. The highest BCUT2D eigenvalue weighted by Gasteiger charge is 2.09. The van der Waals surface area contributed by atoms with Gasteiger partial charge in [0.2, 0.25) is 0 Å². The molecule has 0 spiro atoms. The van der Waals surface area contributed by atoms with Crippen LogP contribution in [0.5, 0.6) is 0 Å². The van der Waals surface area contributed by atoms with Gasteiger partial charge in [0.1, 0.15) is 6.29 Å². The standard InChI is InChI=1S/C8H9ClOS/c1-6-2-3-8(11-6)7(4-9)5-10/h2-3,5,7H,4H2,1H3. The molecule has 0 radical (unpaired) electrons. The predicted molar refractivity (Wildman–Crippen MR) is 48.6 cm³/mol. The third kappa shape index (κ3) is 2.04. The van der Waals surface area contributed by atoms with Gasteiger partial charge >= 0.3 is 0 Å². The van der Waals surface area contributed by atoms with E-state index in [4.69, 9.17) is 11.6 Å². The molecular formula is C8H9ClOS. The van der Waals surface area contributed by atoms with Crippen LogP contribution in [0.4, 0.5) is 0 Å². The maximum Gasteiger partial charge on any atom is 0.129 e. The van der Waals surface area contributed by atoms with Gasteiger partial charge in [0.05, 0.1) is 5.92 Å². The second kappa shape index (κ2) is 3.88. The fourth-order valence-electron chi connectivity index (χ4n) is 0.832. The zero-order chi connectivity index (χ0) is 8.27. The van der Waals surface area contributed by atoms with Crippen molar-refractivity contribution in [2.24, 2.45) is 0 Å². The molecule has 0 aliphatic rings. The molecule has 1 aromatic rings. The Morgan fingerprint density at radius 2 is 2.45 bits per heavy atom. The summed E-state index contributed by atoms with van der Waals surface area (Å²) in [7, 11) is 0. The molecule has 11 heavy (non-hydrogen) atoms. The van der Waals surface area contributed by atoms with Crippen molar-refractivity contribution in [3.05, 3.63) is 21.9 Å². The Bertz CT molecular complexity index is 244. The Labute approximate surface area is 75.0 Å². The van der Waals surface area contributed by atoms with Gasteiger partial charge in [0, 0.05) is 15.6 Å². The van der Waals surface area contributed by atoms with E-state index in [0.717, 1.165) is 11.2 Å². The molecule has 60 valence electrons. The maximum atomic E-state index is 10.5. The van der Waals surface area contributed by atoms with Crippen molar-refractivity contribution in [1.82, 2.24) is 0 Å². The van der Waals surface area contributed by atoms with Crippen LogP contribution in [0, 0.1) is 6.92 Å². The van der Waals surface area contributed by atoms with Crippen LogP contribution in [0.1, 0.15) is 15.7 Å². The fraction of sp³-hybridized carbons (Fsp3) is 0.375. The summed E-state index contributed by atoms with van der Waals surface area (Å²) < 4.78 is 0.